The molecule has 30 heavy (non-hydrogen) atoms. The summed E-state index contributed by atoms with van der Waals surface area (Å²) in [6.07, 6.45) is 5.10. The first-order valence-corrected chi connectivity index (χ1v) is 10.7. The van der Waals surface area contributed by atoms with Crippen LogP contribution in [0.15, 0.2) is 48.8 Å². The predicted molar refractivity (Wildman–Crippen MR) is 111 cm³/mol. The lowest BCUT2D eigenvalue weighted by atomic mass is 9.73. The third kappa shape index (κ3) is 4.23. The highest BCUT2D eigenvalue weighted by Crippen LogP contribution is 2.37. The fourth-order valence-electron chi connectivity index (χ4n) is 4.70. The van der Waals surface area contributed by atoms with Gasteiger partial charge in [-0.1, -0.05) is 30.3 Å². The summed E-state index contributed by atoms with van der Waals surface area (Å²) in [5.41, 5.74) is -0.00368. The van der Waals surface area contributed by atoms with E-state index in [1.165, 1.54) is 0 Å². The van der Waals surface area contributed by atoms with Gasteiger partial charge >= 0.3 is 0 Å². The summed E-state index contributed by atoms with van der Waals surface area (Å²) in [4.78, 5) is 16.9. The van der Waals surface area contributed by atoms with Gasteiger partial charge in [0.15, 0.2) is 5.67 Å². The van der Waals surface area contributed by atoms with E-state index >= 15 is 4.39 Å². The second kappa shape index (κ2) is 8.78. The second-order valence-corrected chi connectivity index (χ2v) is 8.59. The monoisotopic (exact) mass is 412 g/mol. The molecule has 0 unspecified atom stereocenters. The van der Waals surface area contributed by atoms with Gasteiger partial charge in [-0.25, -0.2) is 4.39 Å². The summed E-state index contributed by atoms with van der Waals surface area (Å²) < 4.78 is 15.6. The summed E-state index contributed by atoms with van der Waals surface area (Å²) >= 11 is 0. The average molecular weight is 413 g/mol. The molecule has 3 heterocycles. The Hall–Kier alpha value is -2.38. The van der Waals surface area contributed by atoms with Crippen molar-refractivity contribution in [2.24, 2.45) is 0 Å². The lowest BCUT2D eigenvalue weighted by Gasteiger charge is -2.44. The number of aromatic nitrogens is 2. The largest absolute Gasteiger partial charge is 0.395 e. The van der Waals surface area contributed by atoms with E-state index in [2.05, 4.69) is 15.1 Å². The minimum atomic E-state index is -1.79. The number of benzene rings is 1. The number of amides is 1. The zero-order valence-electron chi connectivity index (χ0n) is 17.2. The quantitative estimate of drug-likeness (QED) is 0.816. The van der Waals surface area contributed by atoms with Crippen LogP contribution in [0.5, 0.6) is 0 Å². The molecule has 2 saturated heterocycles. The number of piperidine rings is 2. The van der Waals surface area contributed by atoms with Crippen molar-refractivity contribution >= 4 is 5.91 Å². The van der Waals surface area contributed by atoms with Crippen molar-refractivity contribution in [3.8, 4) is 0 Å². The number of rotatable bonds is 5. The second-order valence-electron chi connectivity index (χ2n) is 8.59. The van der Waals surface area contributed by atoms with E-state index in [4.69, 9.17) is 0 Å². The lowest BCUT2D eigenvalue weighted by Crippen LogP contribution is -2.55. The maximum absolute atomic E-state index is 15.6. The molecule has 1 amide bonds. The molecule has 4 rings (SSSR count). The molecule has 2 aliphatic heterocycles. The number of likely N-dealkylation sites (tertiary alicyclic amines) is 2. The number of nitrogens with zero attached hydrogens (tertiary/aromatic N) is 4. The van der Waals surface area contributed by atoms with Gasteiger partial charge in [-0.05, 0) is 30.0 Å². The molecule has 0 saturated carbocycles. The van der Waals surface area contributed by atoms with Crippen molar-refractivity contribution in [3.63, 3.8) is 0 Å². The van der Waals surface area contributed by atoms with Gasteiger partial charge in [0, 0.05) is 57.2 Å². The maximum Gasteiger partial charge on any atom is 0.260 e. The van der Waals surface area contributed by atoms with E-state index in [9.17, 15) is 9.90 Å². The number of alkyl halides is 1. The summed E-state index contributed by atoms with van der Waals surface area (Å²) in [7, 11) is 0. The van der Waals surface area contributed by atoms with Crippen LogP contribution in [-0.4, -0.2) is 69.5 Å². The van der Waals surface area contributed by atoms with E-state index in [1.54, 1.807) is 17.3 Å². The van der Waals surface area contributed by atoms with Gasteiger partial charge in [-0.3, -0.25) is 9.69 Å². The first kappa shape index (κ1) is 20.9. The van der Waals surface area contributed by atoms with Crippen LogP contribution in [-0.2, 0) is 16.8 Å². The summed E-state index contributed by atoms with van der Waals surface area (Å²) in [5.74, 6) is -0.382. The fourth-order valence-corrected chi connectivity index (χ4v) is 4.70. The van der Waals surface area contributed by atoms with E-state index < -0.39 is 5.67 Å². The number of halogens is 1. The van der Waals surface area contributed by atoms with E-state index in [0.29, 0.717) is 45.6 Å². The Kier molecular flexibility index (Phi) is 6.11. The first-order valence-electron chi connectivity index (χ1n) is 10.7. The maximum atomic E-state index is 15.6. The molecule has 2 aromatic rings. The van der Waals surface area contributed by atoms with Gasteiger partial charge in [-0.15, -0.1) is 0 Å². The molecule has 1 N–H and O–H groups in total. The van der Waals surface area contributed by atoms with E-state index in [-0.39, 0.29) is 30.8 Å². The standard InChI is InChI=1S/C23H29FN4O2/c24-23(9-12-27(13-10-23)17-19-6-11-25-26-16-19)21(30)28-14-7-22(18-29,8-15-28)20-4-2-1-3-5-20/h1-6,11,16,29H,7-10,12-15,17-18H2. The number of carbonyl (C=O) groups is 1. The molecule has 0 spiro atoms. The van der Waals surface area contributed by atoms with Crippen LogP contribution in [0.25, 0.3) is 0 Å². The van der Waals surface area contributed by atoms with E-state index in [1.807, 2.05) is 36.4 Å². The van der Waals surface area contributed by atoms with Crippen molar-refractivity contribution in [1.82, 2.24) is 20.0 Å². The van der Waals surface area contributed by atoms with E-state index in [0.717, 1.165) is 11.1 Å². The molecule has 7 heteroatoms. The lowest BCUT2D eigenvalue weighted by molar-refractivity contribution is -0.149. The minimum absolute atomic E-state index is 0.0403. The van der Waals surface area contributed by atoms with Crippen LogP contribution in [0.2, 0.25) is 0 Å². The van der Waals surface area contributed by atoms with Crippen LogP contribution >= 0.6 is 0 Å². The fraction of sp³-hybridized carbons (Fsp3) is 0.522. The van der Waals surface area contributed by atoms with Crippen molar-refractivity contribution in [2.75, 3.05) is 32.8 Å². The Labute approximate surface area is 176 Å². The molecular weight excluding hydrogens is 383 g/mol. The summed E-state index contributed by atoms with van der Waals surface area (Å²) in [5, 5.41) is 17.7. The highest BCUT2D eigenvalue weighted by molar-refractivity contribution is 5.85. The van der Waals surface area contributed by atoms with Crippen LogP contribution in [0.3, 0.4) is 0 Å². The van der Waals surface area contributed by atoms with Crippen molar-refractivity contribution < 1.29 is 14.3 Å². The van der Waals surface area contributed by atoms with Gasteiger partial charge in [0.1, 0.15) is 0 Å². The molecule has 0 aliphatic carbocycles. The molecule has 0 radical (unpaired) electrons. The Morgan fingerprint density at radius 2 is 1.70 bits per heavy atom. The molecule has 6 nitrogen and oxygen atoms in total. The van der Waals surface area contributed by atoms with Crippen molar-refractivity contribution in [3.05, 3.63) is 59.9 Å². The molecule has 0 atom stereocenters. The van der Waals surface area contributed by atoms with Crippen molar-refractivity contribution in [2.45, 2.75) is 43.3 Å². The summed E-state index contributed by atoms with van der Waals surface area (Å²) in [6.45, 7) is 2.78. The average Bonchev–Trinajstić information content (AvgIpc) is 2.81. The highest BCUT2D eigenvalue weighted by atomic mass is 19.1. The Morgan fingerprint density at radius 3 is 2.30 bits per heavy atom. The Bertz CT molecular complexity index is 833. The van der Waals surface area contributed by atoms with Gasteiger partial charge in [0.25, 0.3) is 5.91 Å². The van der Waals surface area contributed by atoms with Gasteiger partial charge in [-0.2, -0.15) is 10.2 Å². The normalized spacial score (nSPS) is 21.3. The topological polar surface area (TPSA) is 69.6 Å². The number of hydrogen-bond donors (Lipinski definition) is 1. The third-order valence-electron chi connectivity index (χ3n) is 6.78. The molecular formula is C23H29FN4O2. The highest BCUT2D eigenvalue weighted by Gasteiger charge is 2.46. The van der Waals surface area contributed by atoms with Gasteiger partial charge < -0.3 is 10.0 Å². The van der Waals surface area contributed by atoms with Crippen LogP contribution < -0.4 is 0 Å². The third-order valence-corrected chi connectivity index (χ3v) is 6.78. The number of hydrogen-bond acceptors (Lipinski definition) is 5. The molecule has 0 bridgehead atoms. The zero-order chi connectivity index (χ0) is 21.0. The molecule has 1 aromatic heterocycles. The van der Waals surface area contributed by atoms with Crippen molar-refractivity contribution in [1.29, 1.82) is 0 Å². The number of carbonyl (C=O) groups excluding carboxylic acids is 1. The Balaban J connectivity index is 1.34. The molecule has 160 valence electrons. The Morgan fingerprint density at radius 1 is 1.00 bits per heavy atom. The van der Waals surface area contributed by atoms with Crippen LogP contribution in [0, 0.1) is 0 Å². The zero-order valence-corrected chi connectivity index (χ0v) is 17.2. The van der Waals surface area contributed by atoms with Gasteiger partial charge in [0.05, 0.1) is 12.8 Å². The van der Waals surface area contributed by atoms with Crippen LogP contribution in [0.4, 0.5) is 4.39 Å². The number of aliphatic hydroxyl groups is 1. The van der Waals surface area contributed by atoms with Crippen LogP contribution in [0.1, 0.15) is 36.8 Å². The molecule has 2 aliphatic rings. The SMILES string of the molecule is O=C(N1CCC(CO)(c2ccccc2)CC1)C1(F)CCN(Cc2ccnnc2)CC1. The predicted octanol–water partition coefficient (Wildman–Crippen LogP) is 2.33. The molecule has 2 fully saturated rings. The number of aliphatic hydroxyl groups excluding tert-OH is 1. The minimum Gasteiger partial charge on any atom is -0.395 e. The summed E-state index contributed by atoms with van der Waals surface area (Å²) in [6, 6.07) is 11.9. The van der Waals surface area contributed by atoms with Gasteiger partial charge in [0.2, 0.25) is 0 Å². The molecule has 1 aromatic carbocycles. The first-order chi connectivity index (χ1) is 14.5. The smallest absolute Gasteiger partial charge is 0.260 e.